The Morgan fingerprint density at radius 2 is 1.81 bits per heavy atom. The molecule has 0 spiro atoms. The van der Waals surface area contributed by atoms with Gasteiger partial charge < -0.3 is 15.5 Å². The van der Waals surface area contributed by atoms with E-state index < -0.39 is 29.0 Å². The molecule has 0 unspecified atom stereocenters. The van der Waals surface area contributed by atoms with Gasteiger partial charge in [0, 0.05) is 23.7 Å². The fourth-order valence-electron chi connectivity index (χ4n) is 2.76. The summed E-state index contributed by atoms with van der Waals surface area (Å²) in [5, 5.41) is 4.98. The quantitative estimate of drug-likeness (QED) is 0.649. The molecule has 1 aliphatic heterocycles. The maximum atomic E-state index is 14.4. The van der Waals surface area contributed by atoms with Crippen LogP contribution in [0.3, 0.4) is 0 Å². The number of halogens is 4. The lowest BCUT2D eigenvalue weighted by Gasteiger charge is -2.38. The minimum Gasteiger partial charge on any atom is -0.359 e. The van der Waals surface area contributed by atoms with Gasteiger partial charge in [-0.2, -0.15) is 0 Å². The van der Waals surface area contributed by atoms with Crippen molar-refractivity contribution in [3.05, 3.63) is 56.9 Å². The van der Waals surface area contributed by atoms with Gasteiger partial charge in [-0.1, -0.05) is 0 Å². The summed E-state index contributed by atoms with van der Waals surface area (Å²) in [5.74, 6) is -4.19. The molecule has 9 heteroatoms. The van der Waals surface area contributed by atoms with Crippen molar-refractivity contribution in [3.63, 3.8) is 0 Å². The minimum atomic E-state index is -1.28. The molecule has 0 atom stereocenters. The monoisotopic (exact) mass is 489 g/mol. The van der Waals surface area contributed by atoms with Gasteiger partial charge in [0.15, 0.2) is 11.6 Å². The SMILES string of the molecule is CNC(=O)C1CN(C(=O)c2ccc(F)c(F)c2Nc2ccc(I)cc2F)C1. The van der Waals surface area contributed by atoms with Crippen LogP contribution in [0.25, 0.3) is 0 Å². The van der Waals surface area contributed by atoms with Crippen molar-refractivity contribution in [3.8, 4) is 0 Å². The molecule has 5 nitrogen and oxygen atoms in total. The first kappa shape index (κ1) is 19.5. The Kier molecular flexibility index (Phi) is 5.59. The Morgan fingerprint density at radius 3 is 2.44 bits per heavy atom. The summed E-state index contributed by atoms with van der Waals surface area (Å²) < 4.78 is 42.8. The Morgan fingerprint density at radius 1 is 1.11 bits per heavy atom. The van der Waals surface area contributed by atoms with Crippen molar-refractivity contribution in [2.75, 3.05) is 25.5 Å². The second-order valence-electron chi connectivity index (χ2n) is 6.05. The van der Waals surface area contributed by atoms with Crippen LogP contribution in [0.2, 0.25) is 0 Å². The van der Waals surface area contributed by atoms with Crippen molar-refractivity contribution in [2.24, 2.45) is 5.92 Å². The topological polar surface area (TPSA) is 61.4 Å². The van der Waals surface area contributed by atoms with Crippen molar-refractivity contribution in [1.82, 2.24) is 10.2 Å². The summed E-state index contributed by atoms with van der Waals surface area (Å²) in [7, 11) is 1.50. The summed E-state index contributed by atoms with van der Waals surface area (Å²) in [6, 6.07) is 6.18. The normalized spacial score (nSPS) is 13.9. The predicted octanol–water partition coefficient (Wildman–Crippen LogP) is 3.27. The van der Waals surface area contributed by atoms with Crippen molar-refractivity contribution >= 4 is 45.8 Å². The summed E-state index contributed by atoms with van der Waals surface area (Å²) in [5.41, 5.74) is -0.661. The molecule has 2 N–H and O–H groups in total. The average molecular weight is 489 g/mol. The highest BCUT2D eigenvalue weighted by molar-refractivity contribution is 14.1. The molecule has 1 saturated heterocycles. The van der Waals surface area contributed by atoms with Gasteiger partial charge in [0.1, 0.15) is 5.82 Å². The lowest BCUT2D eigenvalue weighted by atomic mass is 9.97. The molecule has 0 aliphatic carbocycles. The van der Waals surface area contributed by atoms with Gasteiger partial charge in [0.2, 0.25) is 5.91 Å². The number of benzene rings is 2. The largest absolute Gasteiger partial charge is 0.359 e. The van der Waals surface area contributed by atoms with E-state index in [0.29, 0.717) is 3.57 Å². The van der Waals surface area contributed by atoms with Crippen LogP contribution in [0.1, 0.15) is 10.4 Å². The summed E-state index contributed by atoms with van der Waals surface area (Å²) in [4.78, 5) is 25.6. The van der Waals surface area contributed by atoms with Crippen LogP contribution < -0.4 is 10.6 Å². The molecular formula is C18H15F3IN3O2. The van der Waals surface area contributed by atoms with Gasteiger partial charge in [0.05, 0.1) is 22.9 Å². The maximum Gasteiger partial charge on any atom is 0.256 e. The van der Waals surface area contributed by atoms with Gasteiger partial charge in [-0.15, -0.1) is 0 Å². The second kappa shape index (κ2) is 7.75. The summed E-state index contributed by atoms with van der Waals surface area (Å²) >= 11 is 1.92. The first-order valence-electron chi connectivity index (χ1n) is 8.02. The molecular weight excluding hydrogens is 474 g/mol. The molecule has 3 rings (SSSR count). The standard InChI is InChI=1S/C18H15F3IN3O2/c1-23-17(26)9-7-25(8-9)18(27)11-3-4-12(19)15(21)16(11)24-14-5-2-10(22)6-13(14)20/h2-6,9,24H,7-8H2,1H3,(H,23,26). The highest BCUT2D eigenvalue weighted by Crippen LogP contribution is 2.30. The van der Waals surface area contributed by atoms with Gasteiger partial charge in [0.25, 0.3) is 5.91 Å². The molecule has 2 aromatic carbocycles. The van der Waals surface area contributed by atoms with Gasteiger partial charge in [-0.3, -0.25) is 9.59 Å². The number of nitrogens with zero attached hydrogens (tertiary/aromatic N) is 1. The van der Waals surface area contributed by atoms with E-state index in [2.05, 4.69) is 10.6 Å². The number of carbonyl (C=O) groups is 2. The highest BCUT2D eigenvalue weighted by Gasteiger charge is 2.36. The van der Waals surface area contributed by atoms with E-state index in [1.165, 1.54) is 24.1 Å². The van der Waals surface area contributed by atoms with Crippen molar-refractivity contribution in [1.29, 1.82) is 0 Å². The van der Waals surface area contributed by atoms with Crippen LogP contribution >= 0.6 is 22.6 Å². The lowest BCUT2D eigenvalue weighted by molar-refractivity contribution is -0.128. The van der Waals surface area contributed by atoms with E-state index in [-0.39, 0.29) is 36.2 Å². The molecule has 142 valence electrons. The zero-order valence-corrected chi connectivity index (χ0v) is 16.3. The summed E-state index contributed by atoms with van der Waals surface area (Å²) in [6.07, 6.45) is 0. The fourth-order valence-corrected chi connectivity index (χ4v) is 3.21. The van der Waals surface area contributed by atoms with Crippen molar-refractivity contribution in [2.45, 2.75) is 0 Å². The number of nitrogens with one attached hydrogen (secondary N) is 2. The molecule has 0 saturated carbocycles. The molecule has 1 aliphatic rings. The number of carbonyl (C=O) groups excluding carboxylic acids is 2. The molecule has 0 radical (unpaired) electrons. The zero-order chi connectivity index (χ0) is 19.7. The van der Waals surface area contributed by atoms with Crippen LogP contribution in [-0.4, -0.2) is 36.9 Å². The Bertz CT molecular complexity index is 917. The Labute approximate surface area is 167 Å². The molecule has 2 aromatic rings. The third-order valence-electron chi connectivity index (χ3n) is 4.30. The molecule has 2 amide bonds. The van der Waals surface area contributed by atoms with Crippen LogP contribution in [-0.2, 0) is 4.79 Å². The molecule has 0 aromatic heterocycles. The smallest absolute Gasteiger partial charge is 0.256 e. The average Bonchev–Trinajstić information content (AvgIpc) is 2.59. The first-order chi connectivity index (χ1) is 12.8. The zero-order valence-electron chi connectivity index (χ0n) is 14.2. The summed E-state index contributed by atoms with van der Waals surface area (Å²) in [6.45, 7) is 0.351. The first-order valence-corrected chi connectivity index (χ1v) is 9.10. The van der Waals surface area contributed by atoms with Gasteiger partial charge in [-0.05, 0) is 52.9 Å². The number of rotatable bonds is 4. The number of anilines is 2. The number of amides is 2. The predicted molar refractivity (Wildman–Crippen MR) is 102 cm³/mol. The van der Waals surface area contributed by atoms with E-state index in [9.17, 15) is 22.8 Å². The third kappa shape index (κ3) is 3.87. The van der Waals surface area contributed by atoms with Crippen LogP contribution in [0, 0.1) is 26.9 Å². The third-order valence-corrected chi connectivity index (χ3v) is 4.97. The number of hydrogen-bond acceptors (Lipinski definition) is 3. The molecule has 0 bridgehead atoms. The Balaban J connectivity index is 1.89. The van der Waals surface area contributed by atoms with Crippen LogP contribution in [0.4, 0.5) is 24.5 Å². The molecule has 27 heavy (non-hydrogen) atoms. The highest BCUT2D eigenvalue weighted by atomic mass is 127. The van der Waals surface area contributed by atoms with Gasteiger partial charge >= 0.3 is 0 Å². The fraction of sp³-hybridized carbons (Fsp3) is 0.222. The maximum absolute atomic E-state index is 14.4. The van der Waals surface area contributed by atoms with Crippen molar-refractivity contribution < 1.29 is 22.8 Å². The minimum absolute atomic E-state index is 0.0826. The van der Waals surface area contributed by atoms with Crippen LogP contribution in [0.5, 0.6) is 0 Å². The Hall–Kier alpha value is -2.30. The molecule has 1 fully saturated rings. The van der Waals surface area contributed by atoms with E-state index in [1.807, 2.05) is 22.6 Å². The second-order valence-corrected chi connectivity index (χ2v) is 7.30. The van der Waals surface area contributed by atoms with E-state index in [4.69, 9.17) is 0 Å². The van der Waals surface area contributed by atoms with Gasteiger partial charge in [-0.25, -0.2) is 13.2 Å². The number of hydrogen-bond donors (Lipinski definition) is 2. The van der Waals surface area contributed by atoms with E-state index >= 15 is 0 Å². The van der Waals surface area contributed by atoms with E-state index in [1.54, 1.807) is 6.07 Å². The number of likely N-dealkylation sites (tertiary alicyclic amines) is 1. The lowest BCUT2D eigenvalue weighted by Crippen LogP contribution is -2.55. The molecule has 1 heterocycles. The van der Waals surface area contributed by atoms with Crippen LogP contribution in [0.15, 0.2) is 30.3 Å². The van der Waals surface area contributed by atoms with E-state index in [0.717, 1.165) is 12.1 Å².